The molecule has 0 unspecified atom stereocenters. The Kier molecular flexibility index (Phi) is 2.50. The van der Waals surface area contributed by atoms with E-state index >= 15 is 0 Å². The van der Waals surface area contributed by atoms with E-state index in [9.17, 15) is 8.68 Å². The van der Waals surface area contributed by atoms with Crippen LogP contribution in [0.5, 0.6) is 0 Å². The van der Waals surface area contributed by atoms with Gasteiger partial charge in [-0.05, 0) is 22.0 Å². The third kappa shape index (κ3) is 1.41. The van der Waals surface area contributed by atoms with Crippen LogP contribution in [0, 0.1) is 0 Å². The van der Waals surface area contributed by atoms with Crippen molar-refractivity contribution in [3.05, 3.63) is 22.4 Å². The van der Waals surface area contributed by atoms with E-state index in [2.05, 4.69) is 15.9 Å². The normalized spacial score (nSPS) is 9.80. The van der Waals surface area contributed by atoms with Gasteiger partial charge in [-0.2, -0.15) is 0 Å². The number of nitrogens with zero attached hydrogens (tertiary/aromatic N) is 1. The van der Waals surface area contributed by atoms with Crippen LogP contribution in [0.1, 0.15) is 10.5 Å². The highest BCUT2D eigenvalue weighted by molar-refractivity contribution is 9.10. The molecular formula is C5H3BrFNOS. The Morgan fingerprint density at radius 2 is 2.50 bits per heavy atom. The Balaban J connectivity index is 3.08. The minimum atomic E-state index is -0.00375. The van der Waals surface area contributed by atoms with Crippen LogP contribution in [0.2, 0.25) is 0 Å². The molecule has 1 aromatic heterocycles. The van der Waals surface area contributed by atoms with Gasteiger partial charge in [-0.15, -0.1) is 3.89 Å². The van der Waals surface area contributed by atoms with Crippen LogP contribution >= 0.6 is 28.3 Å². The number of aromatic nitrogens is 1. The molecule has 0 aliphatic rings. The average molecular weight is 224 g/mol. The molecule has 0 spiro atoms. The first kappa shape index (κ1) is 7.81. The molecule has 0 aromatic carbocycles. The monoisotopic (exact) mass is 223 g/mol. The summed E-state index contributed by atoms with van der Waals surface area (Å²) in [5, 5.41) is 0. The quantitative estimate of drug-likeness (QED) is 0.719. The molecule has 1 heterocycles. The maximum atomic E-state index is 11.9. The minimum Gasteiger partial charge on any atom is -0.296 e. The summed E-state index contributed by atoms with van der Waals surface area (Å²) >= 11 is 3.10. The molecule has 0 aliphatic heterocycles. The van der Waals surface area contributed by atoms with Crippen molar-refractivity contribution in [1.29, 1.82) is 0 Å². The molecule has 1 rings (SSSR count). The number of carbonyl (C=O) groups is 1. The molecule has 5 heteroatoms. The standard InChI is InChI=1S/C5H3BrFNOS/c6-4-1-5(3-9)8(2-4)10-7/h1-3H. The van der Waals surface area contributed by atoms with Crippen molar-refractivity contribution in [3.63, 3.8) is 0 Å². The molecule has 0 atom stereocenters. The summed E-state index contributed by atoms with van der Waals surface area (Å²) in [5.41, 5.74) is 0.305. The lowest BCUT2D eigenvalue weighted by Gasteiger charge is -1.90. The molecule has 2 nitrogen and oxygen atoms in total. The summed E-state index contributed by atoms with van der Waals surface area (Å²) in [6.45, 7) is 0. The van der Waals surface area contributed by atoms with Gasteiger partial charge in [-0.3, -0.25) is 8.77 Å². The number of hydrogen-bond donors (Lipinski definition) is 0. The zero-order valence-corrected chi connectivity index (χ0v) is 7.15. The van der Waals surface area contributed by atoms with E-state index in [0.29, 0.717) is 16.5 Å². The molecule has 54 valence electrons. The highest BCUT2D eigenvalue weighted by Crippen LogP contribution is 2.19. The van der Waals surface area contributed by atoms with Gasteiger partial charge in [0.1, 0.15) is 0 Å². The van der Waals surface area contributed by atoms with Crippen molar-refractivity contribution in [2.45, 2.75) is 0 Å². The van der Waals surface area contributed by atoms with Gasteiger partial charge in [0, 0.05) is 10.7 Å². The van der Waals surface area contributed by atoms with Gasteiger partial charge in [0.2, 0.25) is 0 Å². The second-order valence-corrected chi connectivity index (χ2v) is 3.04. The van der Waals surface area contributed by atoms with E-state index in [1.54, 1.807) is 6.07 Å². The molecule has 0 aliphatic carbocycles. The number of halogens is 2. The second-order valence-electron chi connectivity index (χ2n) is 1.60. The SMILES string of the molecule is O=Cc1cc(Br)cn1SF. The van der Waals surface area contributed by atoms with E-state index < -0.39 is 0 Å². The maximum absolute atomic E-state index is 11.9. The summed E-state index contributed by atoms with van der Waals surface area (Å²) in [6.07, 6.45) is 2.08. The predicted octanol–water partition coefficient (Wildman–Crippen LogP) is 2.44. The van der Waals surface area contributed by atoms with Gasteiger partial charge in [-0.1, -0.05) is 0 Å². The third-order valence-electron chi connectivity index (χ3n) is 0.976. The molecule has 0 fully saturated rings. The molecule has 0 radical (unpaired) electrons. The summed E-state index contributed by atoms with van der Waals surface area (Å²) in [4.78, 5) is 10.2. The van der Waals surface area contributed by atoms with Gasteiger partial charge >= 0.3 is 0 Å². The van der Waals surface area contributed by atoms with Gasteiger partial charge in [0.15, 0.2) is 18.6 Å². The lowest BCUT2D eigenvalue weighted by atomic mass is 10.5. The topological polar surface area (TPSA) is 22.0 Å². The second kappa shape index (κ2) is 3.21. The molecular weight excluding hydrogens is 221 g/mol. The largest absolute Gasteiger partial charge is 0.296 e. The van der Waals surface area contributed by atoms with Gasteiger partial charge in [-0.25, -0.2) is 0 Å². The molecule has 0 amide bonds. The van der Waals surface area contributed by atoms with E-state index in [1.165, 1.54) is 6.20 Å². The Morgan fingerprint density at radius 3 is 2.90 bits per heavy atom. The lowest BCUT2D eigenvalue weighted by Crippen LogP contribution is -1.86. The fraction of sp³-hybridized carbons (Fsp3) is 0. The van der Waals surface area contributed by atoms with Crippen LogP contribution in [0.15, 0.2) is 16.7 Å². The molecule has 0 bridgehead atoms. The summed E-state index contributed by atoms with van der Waals surface area (Å²) < 4.78 is 13.7. The zero-order valence-electron chi connectivity index (χ0n) is 4.75. The highest BCUT2D eigenvalue weighted by atomic mass is 79.9. The van der Waals surface area contributed by atoms with Gasteiger partial charge in [0.25, 0.3) is 0 Å². The van der Waals surface area contributed by atoms with E-state index in [-0.39, 0.29) is 12.3 Å². The first-order valence-corrected chi connectivity index (χ1v) is 3.86. The highest BCUT2D eigenvalue weighted by Gasteiger charge is 2.02. The van der Waals surface area contributed by atoms with Crippen molar-refractivity contribution < 1.29 is 8.68 Å². The predicted molar refractivity (Wildman–Crippen MR) is 41.6 cm³/mol. The van der Waals surface area contributed by atoms with Crippen LogP contribution in [-0.2, 0) is 0 Å². The molecule has 0 saturated heterocycles. The first-order chi connectivity index (χ1) is 4.77. The Hall–Kier alpha value is -0.290. The summed E-state index contributed by atoms with van der Waals surface area (Å²) in [5.74, 6) is 0. The van der Waals surface area contributed by atoms with Crippen molar-refractivity contribution in [2.24, 2.45) is 0 Å². The van der Waals surface area contributed by atoms with Crippen molar-refractivity contribution in [1.82, 2.24) is 3.97 Å². The van der Waals surface area contributed by atoms with Crippen LogP contribution in [0.4, 0.5) is 3.89 Å². The Labute approximate surface area is 70.0 Å². The summed E-state index contributed by atoms with van der Waals surface area (Å²) in [6, 6.07) is 1.54. The lowest BCUT2D eigenvalue weighted by molar-refractivity contribution is 0.111. The first-order valence-electron chi connectivity index (χ1n) is 2.40. The molecule has 0 N–H and O–H groups in total. The fourth-order valence-corrected chi connectivity index (χ4v) is 1.48. The zero-order chi connectivity index (χ0) is 7.56. The van der Waals surface area contributed by atoms with Gasteiger partial charge in [0.05, 0.1) is 5.69 Å². The van der Waals surface area contributed by atoms with Crippen LogP contribution < -0.4 is 0 Å². The van der Waals surface area contributed by atoms with Crippen LogP contribution in [-0.4, -0.2) is 10.3 Å². The molecule has 1 aromatic rings. The minimum absolute atomic E-state index is 0.00375. The maximum Gasteiger partial charge on any atom is 0.169 e. The number of aldehydes is 1. The molecule has 0 saturated carbocycles. The van der Waals surface area contributed by atoms with Crippen molar-refractivity contribution >= 4 is 34.5 Å². The number of carbonyl (C=O) groups excluding carboxylic acids is 1. The third-order valence-corrected chi connectivity index (χ3v) is 1.87. The van der Waals surface area contributed by atoms with Crippen LogP contribution in [0.3, 0.4) is 0 Å². The summed E-state index contributed by atoms with van der Waals surface area (Å²) in [7, 11) is 0. The number of rotatable bonds is 2. The van der Waals surface area contributed by atoms with E-state index in [0.717, 1.165) is 3.97 Å². The number of hydrogen-bond acceptors (Lipinski definition) is 2. The van der Waals surface area contributed by atoms with Crippen LogP contribution in [0.25, 0.3) is 0 Å². The Morgan fingerprint density at radius 1 is 1.80 bits per heavy atom. The van der Waals surface area contributed by atoms with E-state index in [1.807, 2.05) is 0 Å². The smallest absolute Gasteiger partial charge is 0.169 e. The Bertz CT molecular complexity index is 250. The van der Waals surface area contributed by atoms with E-state index in [4.69, 9.17) is 0 Å². The fourth-order valence-electron chi connectivity index (χ4n) is 0.574. The average Bonchev–Trinajstić information content (AvgIpc) is 2.30. The van der Waals surface area contributed by atoms with Gasteiger partial charge < -0.3 is 0 Å². The van der Waals surface area contributed by atoms with Crippen molar-refractivity contribution in [3.8, 4) is 0 Å². The molecule has 10 heavy (non-hydrogen) atoms. The van der Waals surface area contributed by atoms with Crippen molar-refractivity contribution in [2.75, 3.05) is 0 Å².